The smallest absolute Gasteiger partial charge is 0.253 e. The first-order valence-electron chi connectivity index (χ1n) is 8.09. The Morgan fingerprint density at radius 3 is 2.64 bits per heavy atom. The van der Waals surface area contributed by atoms with Crippen LogP contribution >= 0.6 is 23.4 Å². The molecule has 0 radical (unpaired) electrons. The number of amides is 2. The molecule has 130 valence electrons. The van der Waals surface area contributed by atoms with Crippen LogP contribution < -0.4 is 10.2 Å². The molecule has 1 aliphatic rings. The zero-order chi connectivity index (χ0) is 17.8. The highest BCUT2D eigenvalue weighted by Crippen LogP contribution is 2.24. The number of nitrogens with one attached hydrogen (secondary N) is 1. The second kappa shape index (κ2) is 7.93. The van der Waals surface area contributed by atoms with Crippen LogP contribution in [0.25, 0.3) is 0 Å². The molecule has 2 aromatic rings. The van der Waals surface area contributed by atoms with E-state index in [0.29, 0.717) is 23.6 Å². The molecule has 0 spiro atoms. The average Bonchev–Trinajstić information content (AvgIpc) is 3.06. The van der Waals surface area contributed by atoms with Crippen LogP contribution in [-0.2, 0) is 11.3 Å². The predicted molar refractivity (Wildman–Crippen MR) is 102 cm³/mol. The lowest BCUT2D eigenvalue weighted by Crippen LogP contribution is -2.24. The standard InChI is InChI=1S/C19H19ClN2O2S/c1-25-15-8-9-17(20)16(11-15)19(24)21-12-13-4-6-14(7-5-13)22-10-2-3-18(22)23/h4-9,11H,2-3,10,12H2,1H3,(H,21,24). The first-order valence-corrected chi connectivity index (χ1v) is 9.70. The molecule has 25 heavy (non-hydrogen) atoms. The highest BCUT2D eigenvalue weighted by atomic mass is 35.5. The Morgan fingerprint density at radius 2 is 2.00 bits per heavy atom. The number of anilines is 1. The summed E-state index contributed by atoms with van der Waals surface area (Å²) < 4.78 is 0. The van der Waals surface area contributed by atoms with Crippen LogP contribution in [0.1, 0.15) is 28.8 Å². The fourth-order valence-corrected chi connectivity index (χ4v) is 3.44. The van der Waals surface area contributed by atoms with Crippen LogP contribution in [0.3, 0.4) is 0 Å². The molecule has 1 aliphatic heterocycles. The van der Waals surface area contributed by atoms with Crippen molar-refractivity contribution in [3.8, 4) is 0 Å². The predicted octanol–water partition coefficient (Wildman–Crippen LogP) is 4.12. The van der Waals surface area contributed by atoms with Crippen LogP contribution in [0.2, 0.25) is 5.02 Å². The van der Waals surface area contributed by atoms with Crippen LogP contribution in [0.5, 0.6) is 0 Å². The van der Waals surface area contributed by atoms with Gasteiger partial charge in [0.1, 0.15) is 0 Å². The molecule has 0 atom stereocenters. The third-order valence-electron chi connectivity index (χ3n) is 4.19. The van der Waals surface area contributed by atoms with E-state index >= 15 is 0 Å². The first-order chi connectivity index (χ1) is 12.1. The lowest BCUT2D eigenvalue weighted by molar-refractivity contribution is -0.117. The molecule has 0 saturated carbocycles. The number of thioether (sulfide) groups is 1. The Bertz CT molecular complexity index is 793. The number of carbonyl (C=O) groups is 2. The number of rotatable bonds is 5. The molecule has 4 nitrogen and oxygen atoms in total. The fraction of sp³-hybridized carbons (Fsp3) is 0.263. The summed E-state index contributed by atoms with van der Waals surface area (Å²) in [5.41, 5.74) is 2.36. The molecule has 0 aliphatic carbocycles. The zero-order valence-electron chi connectivity index (χ0n) is 13.9. The van der Waals surface area contributed by atoms with E-state index in [1.54, 1.807) is 28.8 Å². The second-order valence-electron chi connectivity index (χ2n) is 5.84. The Labute approximate surface area is 156 Å². The number of carbonyl (C=O) groups excluding carboxylic acids is 2. The summed E-state index contributed by atoms with van der Waals surface area (Å²) in [6.45, 7) is 1.19. The van der Waals surface area contributed by atoms with Gasteiger partial charge in [-0.1, -0.05) is 23.7 Å². The van der Waals surface area contributed by atoms with Gasteiger partial charge in [-0.3, -0.25) is 9.59 Å². The molecule has 0 aromatic heterocycles. The highest BCUT2D eigenvalue weighted by molar-refractivity contribution is 7.98. The summed E-state index contributed by atoms with van der Waals surface area (Å²) in [4.78, 5) is 26.9. The zero-order valence-corrected chi connectivity index (χ0v) is 15.5. The lowest BCUT2D eigenvalue weighted by Gasteiger charge is -2.16. The van der Waals surface area contributed by atoms with Crippen molar-refractivity contribution in [3.05, 3.63) is 58.6 Å². The maximum atomic E-state index is 12.4. The van der Waals surface area contributed by atoms with E-state index in [4.69, 9.17) is 11.6 Å². The van der Waals surface area contributed by atoms with E-state index in [1.807, 2.05) is 36.6 Å². The van der Waals surface area contributed by atoms with Crippen molar-refractivity contribution in [2.24, 2.45) is 0 Å². The molecule has 0 unspecified atom stereocenters. The third-order valence-corrected chi connectivity index (χ3v) is 5.25. The SMILES string of the molecule is CSc1ccc(Cl)c(C(=O)NCc2ccc(N3CCCC3=O)cc2)c1. The van der Waals surface area contributed by atoms with E-state index in [0.717, 1.165) is 29.1 Å². The molecule has 2 amide bonds. The number of hydrogen-bond donors (Lipinski definition) is 1. The van der Waals surface area contributed by atoms with Crippen molar-refractivity contribution in [3.63, 3.8) is 0 Å². The highest BCUT2D eigenvalue weighted by Gasteiger charge is 2.21. The van der Waals surface area contributed by atoms with Crippen LogP contribution in [0.4, 0.5) is 5.69 Å². The Morgan fingerprint density at radius 1 is 1.24 bits per heavy atom. The van der Waals surface area contributed by atoms with Gasteiger partial charge < -0.3 is 10.2 Å². The largest absolute Gasteiger partial charge is 0.348 e. The number of nitrogens with zero attached hydrogens (tertiary/aromatic N) is 1. The third kappa shape index (κ3) is 4.17. The Hall–Kier alpha value is -1.98. The minimum Gasteiger partial charge on any atom is -0.348 e. The summed E-state index contributed by atoms with van der Waals surface area (Å²) in [5, 5.41) is 3.33. The van der Waals surface area contributed by atoms with Gasteiger partial charge in [0.05, 0.1) is 10.6 Å². The number of halogens is 1. The second-order valence-corrected chi connectivity index (χ2v) is 7.13. The molecule has 1 heterocycles. The quantitative estimate of drug-likeness (QED) is 0.801. The summed E-state index contributed by atoms with van der Waals surface area (Å²) in [7, 11) is 0. The van der Waals surface area contributed by atoms with Crippen LogP contribution in [0.15, 0.2) is 47.4 Å². The summed E-state index contributed by atoms with van der Waals surface area (Å²) in [6, 6.07) is 13.1. The molecular weight excluding hydrogens is 356 g/mol. The normalized spacial score (nSPS) is 14.0. The van der Waals surface area contributed by atoms with E-state index < -0.39 is 0 Å². The lowest BCUT2D eigenvalue weighted by atomic mass is 10.1. The molecule has 3 rings (SSSR count). The maximum Gasteiger partial charge on any atom is 0.253 e. The Kier molecular flexibility index (Phi) is 5.66. The monoisotopic (exact) mass is 374 g/mol. The molecule has 1 fully saturated rings. The van der Waals surface area contributed by atoms with Gasteiger partial charge in [-0.15, -0.1) is 11.8 Å². The van der Waals surface area contributed by atoms with Gasteiger partial charge in [-0.25, -0.2) is 0 Å². The van der Waals surface area contributed by atoms with Gasteiger partial charge in [0.25, 0.3) is 5.91 Å². The summed E-state index contributed by atoms with van der Waals surface area (Å²) in [5.74, 6) is -0.0240. The van der Waals surface area contributed by atoms with Crippen molar-refractivity contribution in [1.29, 1.82) is 0 Å². The van der Waals surface area contributed by atoms with Crippen LogP contribution in [0, 0.1) is 0 Å². The molecule has 0 bridgehead atoms. The minimum atomic E-state index is -0.195. The van der Waals surface area contributed by atoms with Crippen molar-refractivity contribution in [2.75, 3.05) is 17.7 Å². The first kappa shape index (κ1) is 17.8. The molecule has 6 heteroatoms. The summed E-state index contributed by atoms with van der Waals surface area (Å²) >= 11 is 7.70. The minimum absolute atomic E-state index is 0.171. The van der Waals surface area contributed by atoms with Gasteiger partial charge in [0, 0.05) is 30.1 Å². The van der Waals surface area contributed by atoms with Gasteiger partial charge in [-0.05, 0) is 48.6 Å². The van der Waals surface area contributed by atoms with Gasteiger partial charge in [-0.2, -0.15) is 0 Å². The number of benzene rings is 2. The van der Waals surface area contributed by atoms with Crippen LogP contribution in [-0.4, -0.2) is 24.6 Å². The summed E-state index contributed by atoms with van der Waals surface area (Å²) in [6.07, 6.45) is 3.48. The van der Waals surface area contributed by atoms with Crippen molar-refractivity contribution < 1.29 is 9.59 Å². The maximum absolute atomic E-state index is 12.4. The molecule has 1 N–H and O–H groups in total. The Balaban J connectivity index is 1.63. The fourth-order valence-electron chi connectivity index (χ4n) is 2.80. The van der Waals surface area contributed by atoms with E-state index in [-0.39, 0.29) is 11.8 Å². The van der Waals surface area contributed by atoms with Gasteiger partial charge in [0.15, 0.2) is 0 Å². The molecule has 2 aromatic carbocycles. The van der Waals surface area contributed by atoms with Crippen molar-refractivity contribution in [1.82, 2.24) is 5.32 Å². The average molecular weight is 375 g/mol. The topological polar surface area (TPSA) is 49.4 Å². The van der Waals surface area contributed by atoms with Gasteiger partial charge in [0.2, 0.25) is 5.91 Å². The van der Waals surface area contributed by atoms with E-state index in [9.17, 15) is 9.59 Å². The molecule has 1 saturated heterocycles. The van der Waals surface area contributed by atoms with Crippen molar-refractivity contribution in [2.45, 2.75) is 24.3 Å². The number of hydrogen-bond acceptors (Lipinski definition) is 3. The van der Waals surface area contributed by atoms with Crippen molar-refractivity contribution >= 4 is 40.9 Å². The molecular formula is C19H19ClN2O2S. The van der Waals surface area contributed by atoms with E-state index in [2.05, 4.69) is 5.32 Å². The van der Waals surface area contributed by atoms with Gasteiger partial charge >= 0.3 is 0 Å². The van der Waals surface area contributed by atoms with E-state index in [1.165, 1.54) is 0 Å².